The topological polar surface area (TPSA) is 61.7 Å². The molecular weight excluding hydrogens is 299 g/mol. The first-order valence-corrected chi connectivity index (χ1v) is 6.40. The van der Waals surface area contributed by atoms with E-state index in [9.17, 15) is 9.90 Å². The van der Waals surface area contributed by atoms with Crippen LogP contribution in [0.15, 0.2) is 47.6 Å². The summed E-state index contributed by atoms with van der Waals surface area (Å²) in [5.74, 6) is -0.423. The Kier molecular flexibility index (Phi) is 4.61. The van der Waals surface area contributed by atoms with Gasteiger partial charge in [0.25, 0.3) is 5.91 Å². The van der Waals surface area contributed by atoms with Crippen molar-refractivity contribution in [3.8, 4) is 5.75 Å². The smallest absolute Gasteiger partial charge is 0.271 e. The van der Waals surface area contributed by atoms with Crippen molar-refractivity contribution < 1.29 is 9.90 Å². The van der Waals surface area contributed by atoms with Gasteiger partial charge in [-0.25, -0.2) is 5.43 Å². The third-order valence-electron chi connectivity index (χ3n) is 2.48. The van der Waals surface area contributed by atoms with Crippen LogP contribution in [0, 0.1) is 0 Å². The maximum absolute atomic E-state index is 11.8. The van der Waals surface area contributed by atoms with Gasteiger partial charge in [0, 0.05) is 10.6 Å². The Hall–Kier alpha value is -2.04. The largest absolute Gasteiger partial charge is 0.507 e. The van der Waals surface area contributed by atoms with E-state index in [4.69, 9.17) is 23.2 Å². The number of amides is 1. The lowest BCUT2D eigenvalue weighted by Gasteiger charge is -2.02. The highest BCUT2D eigenvalue weighted by atomic mass is 35.5. The zero-order valence-corrected chi connectivity index (χ0v) is 11.7. The molecule has 0 radical (unpaired) electrons. The fourth-order valence-electron chi connectivity index (χ4n) is 1.50. The molecule has 0 unspecified atom stereocenters. The number of hydrogen-bond donors (Lipinski definition) is 2. The van der Waals surface area contributed by atoms with Gasteiger partial charge in [-0.2, -0.15) is 5.10 Å². The summed E-state index contributed by atoms with van der Waals surface area (Å²) < 4.78 is 0. The predicted octanol–water partition coefficient (Wildman–Crippen LogP) is 3.46. The molecule has 0 atom stereocenters. The van der Waals surface area contributed by atoms with E-state index in [1.807, 2.05) is 0 Å². The minimum absolute atomic E-state index is 0.0155. The highest BCUT2D eigenvalue weighted by molar-refractivity contribution is 6.33. The fraction of sp³-hybridized carbons (Fsp3) is 0. The van der Waals surface area contributed by atoms with E-state index in [1.165, 1.54) is 18.3 Å². The summed E-state index contributed by atoms with van der Waals surface area (Å²) in [5.41, 5.74) is 3.05. The third kappa shape index (κ3) is 3.50. The molecule has 0 fully saturated rings. The number of nitrogens with one attached hydrogen (secondary N) is 1. The number of hydrazone groups is 1. The number of nitrogens with zero attached hydrogens (tertiary/aromatic N) is 1. The number of carbonyl (C=O) groups excluding carboxylic acids is 1. The fourth-order valence-corrected chi connectivity index (χ4v) is 1.91. The van der Waals surface area contributed by atoms with Crippen molar-refractivity contribution in [2.45, 2.75) is 0 Å². The van der Waals surface area contributed by atoms with Crippen LogP contribution < -0.4 is 5.43 Å². The lowest BCUT2D eigenvalue weighted by Crippen LogP contribution is -2.17. The van der Waals surface area contributed by atoms with Crippen LogP contribution in [0.4, 0.5) is 0 Å². The lowest BCUT2D eigenvalue weighted by atomic mass is 10.2. The molecule has 0 saturated heterocycles. The number of phenolic OH excluding ortho intramolecular Hbond substituents is 1. The van der Waals surface area contributed by atoms with Crippen LogP contribution in [0.5, 0.6) is 5.75 Å². The van der Waals surface area contributed by atoms with Gasteiger partial charge in [0.2, 0.25) is 0 Å². The molecule has 2 rings (SSSR count). The summed E-state index contributed by atoms with van der Waals surface area (Å²) in [5, 5.41) is 14.2. The van der Waals surface area contributed by atoms with Crippen LogP contribution in [-0.2, 0) is 0 Å². The first-order valence-electron chi connectivity index (χ1n) is 5.64. The van der Waals surface area contributed by atoms with Crippen molar-refractivity contribution in [2.24, 2.45) is 5.10 Å². The summed E-state index contributed by atoms with van der Waals surface area (Å²) >= 11 is 11.7. The van der Waals surface area contributed by atoms with E-state index in [-0.39, 0.29) is 5.75 Å². The Morgan fingerprint density at radius 3 is 2.65 bits per heavy atom. The Balaban J connectivity index is 2.09. The standard InChI is InChI=1S/C14H10Cl2N2O2/c15-10-4-1-3-9(7-10)14(20)18-17-8-11-12(16)5-2-6-13(11)19/h1-8,19H,(H,18,20)/b17-8-. The summed E-state index contributed by atoms with van der Waals surface area (Å²) in [7, 11) is 0. The molecule has 0 aliphatic carbocycles. The molecule has 2 aromatic carbocycles. The predicted molar refractivity (Wildman–Crippen MR) is 79.6 cm³/mol. The van der Waals surface area contributed by atoms with Gasteiger partial charge in [0.1, 0.15) is 5.75 Å². The summed E-state index contributed by atoms with van der Waals surface area (Å²) in [4.78, 5) is 11.8. The first kappa shape index (κ1) is 14.4. The molecular formula is C14H10Cl2N2O2. The van der Waals surface area contributed by atoms with Gasteiger partial charge >= 0.3 is 0 Å². The average Bonchev–Trinajstić information content (AvgIpc) is 2.42. The quantitative estimate of drug-likeness (QED) is 0.674. The van der Waals surface area contributed by atoms with Gasteiger partial charge in [0.05, 0.1) is 16.8 Å². The number of hydrogen-bond acceptors (Lipinski definition) is 3. The molecule has 4 nitrogen and oxygen atoms in total. The van der Waals surface area contributed by atoms with Crippen LogP contribution in [0.3, 0.4) is 0 Å². The zero-order valence-electron chi connectivity index (χ0n) is 10.2. The molecule has 0 aliphatic heterocycles. The first-order chi connectivity index (χ1) is 9.58. The molecule has 102 valence electrons. The SMILES string of the molecule is O=C(N/N=C\c1c(O)cccc1Cl)c1cccc(Cl)c1. The molecule has 0 heterocycles. The van der Waals surface area contributed by atoms with Gasteiger partial charge in [-0.3, -0.25) is 4.79 Å². The van der Waals surface area contributed by atoms with Crippen molar-refractivity contribution >= 4 is 35.3 Å². The number of carbonyl (C=O) groups is 1. The number of halogens is 2. The summed E-state index contributed by atoms with van der Waals surface area (Å²) in [6.45, 7) is 0. The van der Waals surface area contributed by atoms with Crippen molar-refractivity contribution in [1.82, 2.24) is 5.43 Å². The maximum Gasteiger partial charge on any atom is 0.271 e. The minimum Gasteiger partial charge on any atom is -0.507 e. The second-order valence-electron chi connectivity index (χ2n) is 3.88. The van der Waals surface area contributed by atoms with Crippen LogP contribution in [0.25, 0.3) is 0 Å². The van der Waals surface area contributed by atoms with Gasteiger partial charge in [0.15, 0.2) is 0 Å². The van der Waals surface area contributed by atoms with Crippen LogP contribution in [0.2, 0.25) is 10.0 Å². The number of benzene rings is 2. The van der Waals surface area contributed by atoms with Crippen LogP contribution in [0.1, 0.15) is 15.9 Å². The number of rotatable bonds is 3. The van der Waals surface area contributed by atoms with E-state index >= 15 is 0 Å². The molecule has 2 aromatic rings. The van der Waals surface area contributed by atoms with Gasteiger partial charge in [-0.15, -0.1) is 0 Å². The Bertz CT molecular complexity index is 652. The van der Waals surface area contributed by atoms with Crippen molar-refractivity contribution in [3.63, 3.8) is 0 Å². The van der Waals surface area contributed by atoms with Crippen molar-refractivity contribution in [1.29, 1.82) is 0 Å². The van der Waals surface area contributed by atoms with E-state index < -0.39 is 5.91 Å². The molecule has 0 saturated carbocycles. The third-order valence-corrected chi connectivity index (χ3v) is 3.04. The molecule has 1 amide bonds. The van der Waals surface area contributed by atoms with E-state index in [0.717, 1.165) is 0 Å². The second-order valence-corrected chi connectivity index (χ2v) is 4.73. The van der Waals surface area contributed by atoms with Crippen LogP contribution in [-0.4, -0.2) is 17.2 Å². The molecule has 6 heteroatoms. The Morgan fingerprint density at radius 2 is 1.95 bits per heavy atom. The highest BCUT2D eigenvalue weighted by Gasteiger charge is 2.05. The highest BCUT2D eigenvalue weighted by Crippen LogP contribution is 2.22. The zero-order chi connectivity index (χ0) is 14.5. The summed E-state index contributed by atoms with van der Waals surface area (Å²) in [6, 6.07) is 11.2. The molecule has 0 bridgehead atoms. The average molecular weight is 309 g/mol. The lowest BCUT2D eigenvalue weighted by molar-refractivity contribution is 0.0955. The molecule has 2 N–H and O–H groups in total. The number of aromatic hydroxyl groups is 1. The molecule has 20 heavy (non-hydrogen) atoms. The van der Waals surface area contributed by atoms with Crippen LogP contribution >= 0.6 is 23.2 Å². The van der Waals surface area contributed by atoms with E-state index in [2.05, 4.69) is 10.5 Å². The second kappa shape index (κ2) is 6.41. The maximum atomic E-state index is 11.8. The van der Waals surface area contributed by atoms with E-state index in [1.54, 1.807) is 30.3 Å². The van der Waals surface area contributed by atoms with Gasteiger partial charge < -0.3 is 5.11 Å². The van der Waals surface area contributed by atoms with Gasteiger partial charge in [-0.05, 0) is 30.3 Å². The molecule has 0 aromatic heterocycles. The molecule has 0 aliphatic rings. The van der Waals surface area contributed by atoms with Crippen molar-refractivity contribution in [3.05, 3.63) is 63.6 Å². The molecule has 0 spiro atoms. The number of phenols is 1. The van der Waals surface area contributed by atoms with Gasteiger partial charge in [-0.1, -0.05) is 35.3 Å². The Labute approximate surface area is 125 Å². The van der Waals surface area contributed by atoms with Crippen molar-refractivity contribution in [2.75, 3.05) is 0 Å². The van der Waals surface area contributed by atoms with E-state index in [0.29, 0.717) is 21.2 Å². The normalized spacial score (nSPS) is 10.7. The minimum atomic E-state index is -0.407. The monoisotopic (exact) mass is 308 g/mol. The Morgan fingerprint density at radius 1 is 1.20 bits per heavy atom. The summed E-state index contributed by atoms with van der Waals surface area (Å²) in [6.07, 6.45) is 1.28.